The molecular formula is C21H27NO3. The van der Waals surface area contributed by atoms with Crippen LogP contribution in [0.4, 0.5) is 0 Å². The Morgan fingerprint density at radius 2 is 1.88 bits per heavy atom. The monoisotopic (exact) mass is 341 g/mol. The Labute approximate surface area is 149 Å². The molecule has 0 aliphatic carbocycles. The van der Waals surface area contributed by atoms with Crippen LogP contribution in [0.2, 0.25) is 0 Å². The van der Waals surface area contributed by atoms with Crippen molar-refractivity contribution in [3.8, 4) is 11.3 Å². The minimum Gasteiger partial charge on any atom is -0.461 e. The predicted octanol–water partition coefficient (Wildman–Crippen LogP) is 3.89. The van der Waals surface area contributed by atoms with Gasteiger partial charge in [-0.2, -0.15) is 0 Å². The maximum absolute atomic E-state index is 12.5. The number of likely N-dealkylation sites (tertiary alicyclic amines) is 1. The molecule has 1 amide bonds. The fourth-order valence-corrected chi connectivity index (χ4v) is 3.51. The van der Waals surface area contributed by atoms with Gasteiger partial charge in [0.15, 0.2) is 0 Å². The van der Waals surface area contributed by atoms with Crippen LogP contribution >= 0.6 is 0 Å². The third-order valence-corrected chi connectivity index (χ3v) is 5.57. The van der Waals surface area contributed by atoms with Gasteiger partial charge < -0.3 is 14.4 Å². The minimum absolute atomic E-state index is 0.0162. The van der Waals surface area contributed by atoms with E-state index in [0.717, 1.165) is 49.4 Å². The molecule has 2 heterocycles. The van der Waals surface area contributed by atoms with Crippen molar-refractivity contribution in [2.45, 2.75) is 39.0 Å². The molecule has 25 heavy (non-hydrogen) atoms. The molecule has 134 valence electrons. The number of carbonyl (C=O) groups excluding carboxylic acids is 1. The summed E-state index contributed by atoms with van der Waals surface area (Å²) >= 11 is 0. The average Bonchev–Trinajstić information content (AvgIpc) is 3.16. The summed E-state index contributed by atoms with van der Waals surface area (Å²) < 4.78 is 5.87. The first-order chi connectivity index (χ1) is 12.2. The number of rotatable bonds is 6. The molecule has 0 radical (unpaired) electrons. The van der Waals surface area contributed by atoms with Crippen molar-refractivity contribution in [1.82, 2.24) is 4.90 Å². The SMILES string of the molecule is CCC1(CO)CCN(C(=O)CCc2ccc(-c3ccccc3)o2)CC1. The lowest BCUT2D eigenvalue weighted by Gasteiger charge is -2.40. The van der Waals surface area contributed by atoms with Crippen LogP contribution in [-0.2, 0) is 11.2 Å². The number of aliphatic hydroxyl groups is 1. The van der Waals surface area contributed by atoms with Crippen LogP contribution in [0.25, 0.3) is 11.3 Å². The number of furan rings is 1. The van der Waals surface area contributed by atoms with E-state index in [0.29, 0.717) is 12.8 Å². The lowest BCUT2D eigenvalue weighted by atomic mass is 9.77. The van der Waals surface area contributed by atoms with Gasteiger partial charge in [-0.1, -0.05) is 37.3 Å². The van der Waals surface area contributed by atoms with Gasteiger partial charge in [0.2, 0.25) is 5.91 Å². The second-order valence-corrected chi connectivity index (χ2v) is 7.02. The van der Waals surface area contributed by atoms with Crippen LogP contribution in [0, 0.1) is 5.41 Å². The fourth-order valence-electron chi connectivity index (χ4n) is 3.51. The van der Waals surface area contributed by atoms with E-state index in [1.165, 1.54) is 0 Å². The highest BCUT2D eigenvalue weighted by Gasteiger charge is 2.33. The Hall–Kier alpha value is -2.07. The Balaban J connectivity index is 1.51. The molecular weight excluding hydrogens is 314 g/mol. The van der Waals surface area contributed by atoms with E-state index in [4.69, 9.17) is 4.42 Å². The van der Waals surface area contributed by atoms with Crippen molar-refractivity contribution in [2.24, 2.45) is 5.41 Å². The molecule has 0 bridgehead atoms. The topological polar surface area (TPSA) is 53.7 Å². The van der Waals surface area contributed by atoms with Crippen LogP contribution in [0.1, 0.15) is 38.4 Å². The van der Waals surface area contributed by atoms with E-state index in [2.05, 4.69) is 6.92 Å². The molecule has 1 aromatic heterocycles. The zero-order chi connectivity index (χ0) is 17.7. The van der Waals surface area contributed by atoms with Gasteiger partial charge in [0.25, 0.3) is 0 Å². The van der Waals surface area contributed by atoms with Gasteiger partial charge in [0, 0.05) is 38.1 Å². The fraction of sp³-hybridized carbons (Fsp3) is 0.476. The number of benzene rings is 1. The maximum atomic E-state index is 12.5. The van der Waals surface area contributed by atoms with Gasteiger partial charge in [-0.25, -0.2) is 0 Å². The highest BCUT2D eigenvalue weighted by Crippen LogP contribution is 2.34. The zero-order valence-electron chi connectivity index (χ0n) is 14.9. The van der Waals surface area contributed by atoms with Crippen molar-refractivity contribution in [2.75, 3.05) is 19.7 Å². The molecule has 1 fully saturated rings. The van der Waals surface area contributed by atoms with Crippen LogP contribution in [0.15, 0.2) is 46.9 Å². The molecule has 3 rings (SSSR count). The molecule has 0 unspecified atom stereocenters. The molecule has 0 atom stereocenters. The van der Waals surface area contributed by atoms with Crippen molar-refractivity contribution in [1.29, 1.82) is 0 Å². The Morgan fingerprint density at radius 3 is 2.52 bits per heavy atom. The zero-order valence-corrected chi connectivity index (χ0v) is 14.9. The summed E-state index contributed by atoms with van der Waals surface area (Å²) in [7, 11) is 0. The van der Waals surface area contributed by atoms with Gasteiger partial charge in [-0.15, -0.1) is 0 Å². The van der Waals surface area contributed by atoms with E-state index < -0.39 is 0 Å². The van der Waals surface area contributed by atoms with Gasteiger partial charge in [0.1, 0.15) is 11.5 Å². The number of amides is 1. The quantitative estimate of drug-likeness (QED) is 0.867. The highest BCUT2D eigenvalue weighted by atomic mass is 16.3. The van der Waals surface area contributed by atoms with Gasteiger partial charge in [-0.05, 0) is 36.8 Å². The first-order valence-electron chi connectivity index (χ1n) is 9.18. The summed E-state index contributed by atoms with van der Waals surface area (Å²) in [6.45, 7) is 3.84. The summed E-state index contributed by atoms with van der Waals surface area (Å²) in [5.74, 6) is 1.87. The Kier molecular flexibility index (Phi) is 5.59. The van der Waals surface area contributed by atoms with E-state index in [1.807, 2.05) is 47.4 Å². The minimum atomic E-state index is 0.0162. The lowest BCUT2D eigenvalue weighted by Crippen LogP contribution is -2.44. The molecule has 1 saturated heterocycles. The van der Waals surface area contributed by atoms with Crippen molar-refractivity contribution >= 4 is 5.91 Å². The van der Waals surface area contributed by atoms with Crippen molar-refractivity contribution in [3.63, 3.8) is 0 Å². The molecule has 0 spiro atoms. The van der Waals surface area contributed by atoms with Crippen molar-refractivity contribution < 1.29 is 14.3 Å². The molecule has 1 aliphatic rings. The number of piperidine rings is 1. The van der Waals surface area contributed by atoms with Gasteiger partial charge >= 0.3 is 0 Å². The van der Waals surface area contributed by atoms with Crippen LogP contribution in [-0.4, -0.2) is 35.6 Å². The number of hydrogen-bond donors (Lipinski definition) is 1. The van der Waals surface area contributed by atoms with E-state index in [-0.39, 0.29) is 17.9 Å². The third kappa shape index (κ3) is 4.13. The number of nitrogens with zero attached hydrogens (tertiary/aromatic N) is 1. The van der Waals surface area contributed by atoms with Crippen molar-refractivity contribution in [3.05, 3.63) is 48.2 Å². The van der Waals surface area contributed by atoms with E-state index in [1.54, 1.807) is 0 Å². The van der Waals surface area contributed by atoms with Crippen LogP contribution in [0.5, 0.6) is 0 Å². The average molecular weight is 341 g/mol. The summed E-state index contributed by atoms with van der Waals surface area (Å²) in [4.78, 5) is 14.4. The number of hydrogen-bond acceptors (Lipinski definition) is 3. The molecule has 1 N–H and O–H groups in total. The lowest BCUT2D eigenvalue weighted by molar-refractivity contribution is -0.134. The first kappa shape index (κ1) is 17.7. The first-order valence-corrected chi connectivity index (χ1v) is 9.18. The molecule has 2 aromatic rings. The number of aryl methyl sites for hydroxylation is 1. The summed E-state index contributed by atoms with van der Waals surface area (Å²) in [5, 5.41) is 9.60. The summed E-state index contributed by atoms with van der Waals surface area (Å²) in [6.07, 6.45) is 3.86. The third-order valence-electron chi connectivity index (χ3n) is 5.57. The highest BCUT2D eigenvalue weighted by molar-refractivity contribution is 5.76. The molecule has 1 aliphatic heterocycles. The standard InChI is InChI=1S/C21H27NO3/c1-2-21(16-23)12-14-22(15-13-21)20(24)11-9-18-8-10-19(25-18)17-6-4-3-5-7-17/h3-8,10,23H,2,9,11-16H2,1H3. The Bertz CT molecular complexity index is 678. The predicted molar refractivity (Wildman–Crippen MR) is 98.1 cm³/mol. The molecule has 1 aromatic carbocycles. The normalized spacial score (nSPS) is 16.8. The van der Waals surface area contributed by atoms with Gasteiger partial charge in [-0.3, -0.25) is 4.79 Å². The van der Waals surface area contributed by atoms with Gasteiger partial charge in [0.05, 0.1) is 0 Å². The summed E-state index contributed by atoms with van der Waals surface area (Å²) in [5.41, 5.74) is 1.07. The Morgan fingerprint density at radius 1 is 1.16 bits per heavy atom. The number of aliphatic hydroxyl groups excluding tert-OH is 1. The second-order valence-electron chi connectivity index (χ2n) is 7.02. The largest absolute Gasteiger partial charge is 0.461 e. The number of carbonyl (C=O) groups is 1. The maximum Gasteiger partial charge on any atom is 0.223 e. The van der Waals surface area contributed by atoms with Crippen LogP contribution in [0.3, 0.4) is 0 Å². The van der Waals surface area contributed by atoms with E-state index >= 15 is 0 Å². The molecule has 4 nitrogen and oxygen atoms in total. The smallest absolute Gasteiger partial charge is 0.223 e. The van der Waals surface area contributed by atoms with E-state index in [9.17, 15) is 9.90 Å². The van der Waals surface area contributed by atoms with Crippen LogP contribution < -0.4 is 0 Å². The molecule has 0 saturated carbocycles. The molecule has 4 heteroatoms. The second kappa shape index (κ2) is 7.87. The summed E-state index contributed by atoms with van der Waals surface area (Å²) in [6, 6.07) is 13.9.